The molecule has 0 heterocycles. The Morgan fingerprint density at radius 3 is 1.09 bits per heavy atom. The average molecular weight is 216 g/mol. The predicted molar refractivity (Wildman–Crippen MR) is 21.9 cm³/mol. The maximum atomic E-state index is 9.28. The van der Waals surface area contributed by atoms with Crippen molar-refractivity contribution in [3.63, 3.8) is 0 Å². The van der Waals surface area contributed by atoms with Crippen LogP contribution >= 0.6 is 0 Å². The number of carbonyl (C=O) groups excluding carboxylic acids is 2. The first-order valence-electron chi connectivity index (χ1n) is 1.52. The van der Waals surface area contributed by atoms with Gasteiger partial charge in [-0.15, -0.1) is 0 Å². The van der Waals surface area contributed by atoms with E-state index in [1.54, 1.807) is 0 Å². The summed E-state index contributed by atoms with van der Waals surface area (Å²) in [4.78, 5) is 18.6. The van der Waals surface area contributed by atoms with Gasteiger partial charge >= 0.3 is 103 Å². The van der Waals surface area contributed by atoms with Crippen LogP contribution in [0.15, 0.2) is 0 Å². The third kappa shape index (κ3) is 33.1. The number of hydrogen-bond acceptors (Lipinski definition) is 4. The third-order valence-corrected chi connectivity index (χ3v) is 0.289. The van der Waals surface area contributed by atoms with Gasteiger partial charge in [0.2, 0.25) is 0 Å². The van der Waals surface area contributed by atoms with E-state index >= 15 is 0 Å². The molecule has 0 aliphatic heterocycles. The topological polar surface area (TPSA) is 143 Å². The SMILES string of the molecule is O.O.O=C([O-])CC(=O)[O-].[K+].[K+]. The van der Waals surface area contributed by atoms with Gasteiger partial charge in [0.15, 0.2) is 0 Å². The first-order chi connectivity index (χ1) is 3.13. The van der Waals surface area contributed by atoms with Gasteiger partial charge in [-0.2, -0.15) is 0 Å². The summed E-state index contributed by atoms with van der Waals surface area (Å²) < 4.78 is 0. The van der Waals surface area contributed by atoms with Crippen LogP contribution in [0, 0.1) is 0 Å². The normalized spacial score (nSPS) is 5.09. The zero-order chi connectivity index (χ0) is 5.86. The molecule has 0 aromatic carbocycles. The van der Waals surface area contributed by atoms with Gasteiger partial charge in [0, 0.05) is 18.4 Å². The second kappa shape index (κ2) is 18.0. The van der Waals surface area contributed by atoms with Crippen molar-refractivity contribution in [2.45, 2.75) is 6.42 Å². The Kier molecular flexibility index (Phi) is 47.9. The van der Waals surface area contributed by atoms with Gasteiger partial charge in [0.25, 0.3) is 0 Å². The van der Waals surface area contributed by atoms with Crippen LogP contribution in [0.3, 0.4) is 0 Å². The van der Waals surface area contributed by atoms with E-state index in [1.807, 2.05) is 0 Å². The fraction of sp³-hybridized carbons (Fsp3) is 0.333. The molecule has 0 bridgehead atoms. The van der Waals surface area contributed by atoms with Crippen LogP contribution in [-0.4, -0.2) is 22.9 Å². The van der Waals surface area contributed by atoms with Crippen molar-refractivity contribution in [2.75, 3.05) is 0 Å². The second-order valence-electron chi connectivity index (χ2n) is 0.921. The van der Waals surface area contributed by atoms with Gasteiger partial charge in [-0.1, -0.05) is 0 Å². The molecular weight excluding hydrogens is 210 g/mol. The first-order valence-corrected chi connectivity index (χ1v) is 1.52. The van der Waals surface area contributed by atoms with Gasteiger partial charge < -0.3 is 30.8 Å². The van der Waals surface area contributed by atoms with Crippen LogP contribution in [0.25, 0.3) is 0 Å². The molecule has 0 fully saturated rings. The smallest absolute Gasteiger partial charge is 0.550 e. The van der Waals surface area contributed by atoms with E-state index in [-0.39, 0.29) is 114 Å². The van der Waals surface area contributed by atoms with Crippen molar-refractivity contribution in [2.24, 2.45) is 0 Å². The van der Waals surface area contributed by atoms with E-state index < -0.39 is 18.4 Å². The number of aliphatic carboxylic acids is 2. The molecule has 56 valence electrons. The molecule has 0 aliphatic rings. The summed E-state index contributed by atoms with van der Waals surface area (Å²) in [5.74, 6) is -3.25. The summed E-state index contributed by atoms with van der Waals surface area (Å²) in [6.45, 7) is 0. The molecule has 11 heavy (non-hydrogen) atoms. The van der Waals surface area contributed by atoms with Crippen molar-refractivity contribution < 1.29 is 134 Å². The van der Waals surface area contributed by atoms with Crippen LogP contribution in [0.4, 0.5) is 0 Å². The second-order valence-corrected chi connectivity index (χ2v) is 0.921. The minimum Gasteiger partial charge on any atom is -0.550 e. The molecule has 0 saturated carbocycles. The Hall–Kier alpha value is 2.13. The van der Waals surface area contributed by atoms with Crippen LogP contribution in [0.2, 0.25) is 0 Å². The molecule has 0 atom stereocenters. The fourth-order valence-electron chi connectivity index (χ4n) is 0.118. The molecule has 6 nitrogen and oxygen atoms in total. The maximum absolute atomic E-state index is 9.28. The fourth-order valence-corrected chi connectivity index (χ4v) is 0.118. The van der Waals surface area contributed by atoms with E-state index in [0.717, 1.165) is 0 Å². The summed E-state index contributed by atoms with van der Waals surface area (Å²) in [6.07, 6.45) is -1.03. The first kappa shape index (κ1) is 29.2. The molecule has 0 amide bonds. The van der Waals surface area contributed by atoms with Crippen LogP contribution < -0.4 is 113 Å². The molecule has 0 aromatic rings. The summed E-state index contributed by atoms with van der Waals surface area (Å²) in [7, 11) is 0. The molecule has 0 rings (SSSR count). The van der Waals surface area contributed by atoms with Crippen LogP contribution in [-0.2, 0) is 9.59 Å². The Morgan fingerprint density at radius 1 is 0.909 bits per heavy atom. The molecule has 0 saturated heterocycles. The van der Waals surface area contributed by atoms with Crippen molar-refractivity contribution >= 4 is 11.9 Å². The minimum absolute atomic E-state index is 0. The quantitative estimate of drug-likeness (QED) is 0.333. The zero-order valence-corrected chi connectivity index (χ0v) is 12.6. The van der Waals surface area contributed by atoms with Gasteiger partial charge in [-0.3, -0.25) is 0 Å². The van der Waals surface area contributed by atoms with Crippen LogP contribution in [0.1, 0.15) is 6.42 Å². The number of carbonyl (C=O) groups is 2. The Morgan fingerprint density at radius 2 is 1.09 bits per heavy atom. The van der Waals surface area contributed by atoms with E-state index in [1.165, 1.54) is 0 Å². The molecule has 8 heteroatoms. The molecule has 0 spiro atoms. The van der Waals surface area contributed by atoms with Crippen LogP contribution in [0.5, 0.6) is 0 Å². The van der Waals surface area contributed by atoms with Crippen molar-refractivity contribution in [3.05, 3.63) is 0 Å². The Bertz CT molecular complexity index is 92.0. The summed E-state index contributed by atoms with van der Waals surface area (Å²) in [6, 6.07) is 0. The average Bonchev–Trinajstić information content (AvgIpc) is 1.27. The van der Waals surface area contributed by atoms with Gasteiger partial charge in [-0.25, -0.2) is 0 Å². The van der Waals surface area contributed by atoms with Gasteiger partial charge in [0.1, 0.15) is 0 Å². The standard InChI is InChI=1S/C3H4O4.2K.2H2O/c4-2(5)1-3(6)7;;;;/h1H2,(H,4,5)(H,6,7);;;2*1H2/q;2*+1;;/p-2. The summed E-state index contributed by atoms with van der Waals surface area (Å²) >= 11 is 0. The molecule has 0 unspecified atom stereocenters. The summed E-state index contributed by atoms with van der Waals surface area (Å²) in [5.41, 5.74) is 0. The van der Waals surface area contributed by atoms with Gasteiger partial charge in [0.05, 0.1) is 0 Å². The number of carboxylic acid groups (broad SMARTS) is 2. The molecule has 0 aliphatic carbocycles. The predicted octanol–water partition coefficient (Wildman–Crippen LogP) is -10.8. The zero-order valence-electron chi connectivity index (χ0n) is 6.34. The van der Waals surface area contributed by atoms with Crippen molar-refractivity contribution in [1.82, 2.24) is 0 Å². The van der Waals surface area contributed by atoms with E-state index in [9.17, 15) is 19.8 Å². The van der Waals surface area contributed by atoms with Gasteiger partial charge in [-0.05, 0) is 0 Å². The summed E-state index contributed by atoms with van der Waals surface area (Å²) in [5, 5.41) is 18.6. The van der Waals surface area contributed by atoms with E-state index in [0.29, 0.717) is 0 Å². The van der Waals surface area contributed by atoms with E-state index in [4.69, 9.17) is 0 Å². The molecule has 0 radical (unpaired) electrons. The Balaban J connectivity index is -0.0000000300. The Labute approximate surface area is 148 Å². The number of hydrogen-bond donors (Lipinski definition) is 0. The van der Waals surface area contributed by atoms with Crippen molar-refractivity contribution in [1.29, 1.82) is 0 Å². The molecule has 4 N–H and O–H groups in total. The maximum Gasteiger partial charge on any atom is 1.00 e. The van der Waals surface area contributed by atoms with E-state index in [2.05, 4.69) is 0 Å². The van der Waals surface area contributed by atoms with Crippen molar-refractivity contribution in [3.8, 4) is 0 Å². The third-order valence-electron chi connectivity index (χ3n) is 0.289. The minimum atomic E-state index is -1.63. The number of rotatable bonds is 2. The molecule has 0 aromatic heterocycles. The number of carboxylic acids is 2. The largest absolute Gasteiger partial charge is 1.00 e. The molecular formula is C3H6K2O6. The monoisotopic (exact) mass is 216 g/mol.